The Balaban J connectivity index is 1.37. The molecule has 3 aromatic carbocycles. The van der Waals surface area contributed by atoms with Crippen LogP contribution in [0.15, 0.2) is 78.9 Å². The van der Waals surface area contributed by atoms with E-state index < -0.39 is 17.8 Å². The van der Waals surface area contributed by atoms with Gasteiger partial charge in [-0.15, -0.1) is 5.10 Å². The number of rotatable bonds is 6. The third-order valence-corrected chi connectivity index (χ3v) is 4.43. The number of tetrazole rings is 1. The number of aromatic nitrogens is 4. The van der Waals surface area contributed by atoms with Crippen molar-refractivity contribution in [1.29, 1.82) is 0 Å². The molecule has 0 fully saturated rings. The summed E-state index contributed by atoms with van der Waals surface area (Å²) < 4.78 is 45.7. The van der Waals surface area contributed by atoms with Gasteiger partial charge in [-0.2, -0.15) is 17.9 Å². The molecule has 0 radical (unpaired) electrons. The molecule has 1 heterocycles. The van der Waals surface area contributed by atoms with Crippen LogP contribution >= 0.6 is 0 Å². The van der Waals surface area contributed by atoms with E-state index in [0.717, 1.165) is 17.8 Å². The van der Waals surface area contributed by atoms with Crippen LogP contribution in [0.4, 0.5) is 23.7 Å². The maximum absolute atomic E-state index is 12.9. The van der Waals surface area contributed by atoms with Crippen molar-refractivity contribution in [3.05, 3.63) is 90.3 Å². The van der Waals surface area contributed by atoms with E-state index in [1.807, 2.05) is 30.3 Å². The van der Waals surface area contributed by atoms with Crippen molar-refractivity contribution in [2.75, 3.05) is 5.32 Å². The van der Waals surface area contributed by atoms with Crippen molar-refractivity contribution in [2.24, 2.45) is 0 Å². The number of halogens is 3. The van der Waals surface area contributed by atoms with Crippen LogP contribution in [0.25, 0.3) is 5.69 Å². The normalized spacial score (nSPS) is 11.1. The molecule has 168 valence electrons. The van der Waals surface area contributed by atoms with Gasteiger partial charge in [-0.05, 0) is 52.9 Å². The van der Waals surface area contributed by atoms with Gasteiger partial charge < -0.3 is 15.4 Å². The molecule has 4 rings (SSSR count). The van der Waals surface area contributed by atoms with Gasteiger partial charge in [0.05, 0.1) is 17.8 Å². The van der Waals surface area contributed by atoms with Crippen LogP contribution in [0.3, 0.4) is 0 Å². The molecule has 0 spiro atoms. The molecule has 2 N–H and O–H groups in total. The van der Waals surface area contributed by atoms with Crippen molar-refractivity contribution in [2.45, 2.75) is 12.7 Å². The Kier molecular flexibility index (Phi) is 6.20. The lowest BCUT2D eigenvalue weighted by Crippen LogP contribution is -2.29. The summed E-state index contributed by atoms with van der Waals surface area (Å²) in [5, 5.41) is 16.8. The maximum Gasteiger partial charge on any atom is 0.416 e. The molecule has 0 bridgehead atoms. The number of nitrogens with zero attached hydrogens (tertiary/aromatic N) is 4. The number of alkyl halides is 3. The molecule has 4 aromatic rings. The Morgan fingerprint density at radius 3 is 2.42 bits per heavy atom. The lowest BCUT2D eigenvalue weighted by molar-refractivity contribution is -0.137. The third-order valence-electron chi connectivity index (χ3n) is 4.43. The smallest absolute Gasteiger partial charge is 0.416 e. The van der Waals surface area contributed by atoms with E-state index in [4.69, 9.17) is 4.74 Å². The molecule has 2 amide bonds. The molecule has 0 aliphatic heterocycles. The van der Waals surface area contributed by atoms with Crippen molar-refractivity contribution in [3.63, 3.8) is 0 Å². The number of carbonyl (C=O) groups is 1. The molecule has 0 atom stereocenters. The summed E-state index contributed by atoms with van der Waals surface area (Å²) in [6.45, 7) is 0.0636. The Bertz CT molecular complexity index is 1240. The fraction of sp³-hybridized carbons (Fsp3) is 0.0909. The Morgan fingerprint density at radius 1 is 0.939 bits per heavy atom. The fourth-order valence-electron chi connectivity index (χ4n) is 2.93. The molecule has 1 aromatic heterocycles. The van der Waals surface area contributed by atoms with Crippen molar-refractivity contribution in [3.8, 4) is 17.2 Å². The first-order chi connectivity index (χ1) is 15.9. The van der Waals surface area contributed by atoms with E-state index >= 15 is 0 Å². The highest BCUT2D eigenvalue weighted by atomic mass is 19.4. The van der Waals surface area contributed by atoms with E-state index in [2.05, 4.69) is 26.2 Å². The second-order valence-corrected chi connectivity index (χ2v) is 6.81. The minimum absolute atomic E-state index is 0.0270. The van der Waals surface area contributed by atoms with E-state index in [1.165, 1.54) is 22.9 Å². The zero-order chi connectivity index (χ0) is 23.3. The van der Waals surface area contributed by atoms with Crippen LogP contribution in [0, 0.1) is 0 Å². The van der Waals surface area contributed by atoms with Gasteiger partial charge in [-0.25, -0.2) is 4.79 Å². The highest BCUT2D eigenvalue weighted by molar-refractivity contribution is 5.89. The van der Waals surface area contributed by atoms with Crippen LogP contribution in [-0.2, 0) is 12.7 Å². The monoisotopic (exact) mass is 454 g/mol. The molecule has 0 saturated carbocycles. The molecule has 0 aliphatic rings. The number of hydrogen-bond acceptors (Lipinski definition) is 5. The maximum atomic E-state index is 12.9. The number of hydrogen-bond donors (Lipinski definition) is 2. The first-order valence-electron chi connectivity index (χ1n) is 9.71. The van der Waals surface area contributed by atoms with Gasteiger partial charge in [0.2, 0.25) is 0 Å². The molecule has 11 heteroatoms. The summed E-state index contributed by atoms with van der Waals surface area (Å²) in [6, 6.07) is 19.5. The SMILES string of the molecule is O=C(NCc1nnnn1-c1ccccc1)Nc1cccc(Oc2cccc(C(F)(F)F)c2)c1. The summed E-state index contributed by atoms with van der Waals surface area (Å²) in [4.78, 5) is 12.3. The van der Waals surface area contributed by atoms with Gasteiger partial charge in [0.1, 0.15) is 11.5 Å². The second kappa shape index (κ2) is 9.39. The molecule has 0 saturated heterocycles. The molecule has 0 unspecified atom stereocenters. The van der Waals surface area contributed by atoms with Gasteiger partial charge in [-0.1, -0.05) is 30.3 Å². The Morgan fingerprint density at radius 2 is 1.67 bits per heavy atom. The van der Waals surface area contributed by atoms with Gasteiger partial charge in [0.25, 0.3) is 0 Å². The zero-order valence-corrected chi connectivity index (χ0v) is 17.0. The number of para-hydroxylation sites is 1. The van der Waals surface area contributed by atoms with E-state index in [9.17, 15) is 18.0 Å². The topological polar surface area (TPSA) is 94.0 Å². The molecule has 0 aliphatic carbocycles. The number of benzene rings is 3. The predicted octanol–water partition coefficient (Wildman–Crippen LogP) is 4.80. The van der Waals surface area contributed by atoms with Crippen molar-refractivity contribution < 1.29 is 22.7 Å². The minimum Gasteiger partial charge on any atom is -0.457 e. The zero-order valence-electron chi connectivity index (χ0n) is 17.0. The van der Waals surface area contributed by atoms with E-state index in [0.29, 0.717) is 11.5 Å². The summed E-state index contributed by atoms with van der Waals surface area (Å²) in [5.74, 6) is 0.720. The lowest BCUT2D eigenvalue weighted by Gasteiger charge is -2.12. The van der Waals surface area contributed by atoms with Gasteiger partial charge in [0, 0.05) is 11.8 Å². The quantitative estimate of drug-likeness (QED) is 0.437. The summed E-state index contributed by atoms with van der Waals surface area (Å²) in [6.07, 6.45) is -4.47. The molecule has 33 heavy (non-hydrogen) atoms. The van der Waals surface area contributed by atoms with Crippen LogP contribution in [0.5, 0.6) is 11.5 Å². The average molecular weight is 454 g/mol. The fourth-order valence-corrected chi connectivity index (χ4v) is 2.93. The first-order valence-corrected chi connectivity index (χ1v) is 9.71. The highest BCUT2D eigenvalue weighted by Gasteiger charge is 2.30. The standard InChI is InChI=1S/C22H17F3N6O2/c23-22(24,25)15-6-4-10-18(12-15)33-19-11-5-7-16(13-19)27-21(32)26-14-20-28-29-30-31(20)17-8-2-1-3-9-17/h1-13H,14H2,(H2,26,27,32). The number of urea groups is 1. The molecular formula is C22H17F3N6O2. The first kappa shape index (κ1) is 21.8. The summed E-state index contributed by atoms with van der Waals surface area (Å²) >= 11 is 0. The lowest BCUT2D eigenvalue weighted by atomic mass is 10.2. The predicted molar refractivity (Wildman–Crippen MR) is 113 cm³/mol. The van der Waals surface area contributed by atoms with Gasteiger partial charge in [-0.3, -0.25) is 0 Å². The molecule has 8 nitrogen and oxygen atoms in total. The Labute approximate surface area is 186 Å². The second-order valence-electron chi connectivity index (χ2n) is 6.81. The minimum atomic E-state index is -4.47. The molecular weight excluding hydrogens is 437 g/mol. The number of carbonyl (C=O) groups excluding carboxylic acids is 1. The van der Waals surface area contributed by atoms with E-state index in [1.54, 1.807) is 18.2 Å². The van der Waals surface area contributed by atoms with Crippen molar-refractivity contribution >= 4 is 11.7 Å². The van der Waals surface area contributed by atoms with Gasteiger partial charge in [0.15, 0.2) is 5.82 Å². The number of anilines is 1. The van der Waals surface area contributed by atoms with Crippen LogP contribution < -0.4 is 15.4 Å². The average Bonchev–Trinajstić information content (AvgIpc) is 3.27. The Hall–Kier alpha value is -4.41. The van der Waals surface area contributed by atoms with Crippen LogP contribution in [0.2, 0.25) is 0 Å². The number of nitrogens with one attached hydrogen (secondary N) is 2. The number of ether oxygens (including phenoxy) is 1. The van der Waals surface area contributed by atoms with Crippen LogP contribution in [-0.4, -0.2) is 26.2 Å². The van der Waals surface area contributed by atoms with Crippen LogP contribution in [0.1, 0.15) is 11.4 Å². The summed E-state index contributed by atoms with van der Waals surface area (Å²) in [7, 11) is 0. The third kappa shape index (κ3) is 5.64. The largest absolute Gasteiger partial charge is 0.457 e. The van der Waals surface area contributed by atoms with Crippen molar-refractivity contribution in [1.82, 2.24) is 25.5 Å². The van der Waals surface area contributed by atoms with E-state index in [-0.39, 0.29) is 18.0 Å². The highest BCUT2D eigenvalue weighted by Crippen LogP contribution is 2.33. The summed E-state index contributed by atoms with van der Waals surface area (Å²) in [5.41, 5.74) is 0.324. The number of amides is 2. The van der Waals surface area contributed by atoms with Gasteiger partial charge >= 0.3 is 12.2 Å².